The summed E-state index contributed by atoms with van der Waals surface area (Å²) in [5, 5.41) is 19.5. The van der Waals surface area contributed by atoms with Gasteiger partial charge in [-0.2, -0.15) is 13.9 Å². The van der Waals surface area contributed by atoms with Crippen LogP contribution < -0.4 is 5.32 Å². The number of likely N-dealkylation sites (tertiary alicyclic amines) is 1. The maximum absolute atomic E-state index is 15.5. The highest BCUT2D eigenvalue weighted by Crippen LogP contribution is 2.46. The maximum Gasteiger partial charge on any atom is 0.334 e. The van der Waals surface area contributed by atoms with Crippen LogP contribution in [-0.2, 0) is 17.3 Å². The Bertz CT molecular complexity index is 1300. The SMILES string of the molecule is CC[C@@H]1C[C@](Cc2nc(Nc3cc(C)[nH]n3)ccc2F)(C(=O)O)CCN1C(F)(F)c1cccc(Cl)c1F. The van der Waals surface area contributed by atoms with Crippen molar-refractivity contribution in [1.29, 1.82) is 0 Å². The number of aromatic nitrogens is 3. The lowest BCUT2D eigenvalue weighted by Gasteiger charge is -2.47. The van der Waals surface area contributed by atoms with Gasteiger partial charge in [0.25, 0.3) is 0 Å². The lowest BCUT2D eigenvalue weighted by molar-refractivity contribution is -0.201. The minimum absolute atomic E-state index is 0.101. The summed E-state index contributed by atoms with van der Waals surface area (Å²) >= 11 is 5.73. The monoisotopic (exact) mass is 539 g/mol. The van der Waals surface area contributed by atoms with E-state index in [9.17, 15) is 18.7 Å². The lowest BCUT2D eigenvalue weighted by atomic mass is 9.71. The van der Waals surface area contributed by atoms with Crippen molar-refractivity contribution in [2.75, 3.05) is 11.9 Å². The van der Waals surface area contributed by atoms with Gasteiger partial charge >= 0.3 is 12.0 Å². The van der Waals surface area contributed by atoms with Crippen LogP contribution in [0, 0.1) is 24.0 Å². The summed E-state index contributed by atoms with van der Waals surface area (Å²) in [4.78, 5) is 17.6. The molecule has 2 aromatic heterocycles. The van der Waals surface area contributed by atoms with Gasteiger partial charge in [-0.05, 0) is 50.5 Å². The molecule has 0 amide bonds. The first-order valence-corrected chi connectivity index (χ1v) is 12.1. The number of pyridine rings is 1. The Kier molecular flexibility index (Phi) is 7.48. The molecule has 0 unspecified atom stereocenters. The molecule has 3 N–H and O–H groups in total. The average molecular weight is 540 g/mol. The van der Waals surface area contributed by atoms with E-state index in [0.717, 1.165) is 16.7 Å². The summed E-state index contributed by atoms with van der Waals surface area (Å²) in [5.41, 5.74) is -1.73. The molecule has 0 spiro atoms. The minimum Gasteiger partial charge on any atom is -0.481 e. The van der Waals surface area contributed by atoms with Crippen molar-refractivity contribution >= 4 is 29.2 Å². The number of nitrogens with zero attached hydrogens (tertiary/aromatic N) is 3. The molecule has 37 heavy (non-hydrogen) atoms. The normalized spacial score (nSPS) is 20.7. The molecule has 0 aliphatic carbocycles. The van der Waals surface area contributed by atoms with Gasteiger partial charge in [0, 0.05) is 30.8 Å². The van der Waals surface area contributed by atoms with E-state index in [-0.39, 0.29) is 43.7 Å². The van der Waals surface area contributed by atoms with Crippen LogP contribution in [0.3, 0.4) is 0 Å². The zero-order chi connectivity index (χ0) is 27.0. The van der Waals surface area contributed by atoms with Crippen LogP contribution >= 0.6 is 11.6 Å². The second kappa shape index (κ2) is 10.3. The molecule has 4 rings (SSSR count). The molecule has 1 aliphatic rings. The first-order valence-electron chi connectivity index (χ1n) is 11.7. The summed E-state index contributed by atoms with van der Waals surface area (Å²) in [6.45, 7) is 3.10. The second-order valence-corrected chi connectivity index (χ2v) is 9.71. The number of aliphatic carboxylic acids is 1. The Balaban J connectivity index is 1.61. The molecule has 7 nitrogen and oxygen atoms in total. The first kappa shape index (κ1) is 26.9. The molecule has 0 radical (unpaired) electrons. The number of nitrogens with one attached hydrogen (secondary N) is 2. The topological polar surface area (TPSA) is 94.1 Å². The number of H-pyrrole nitrogens is 1. The van der Waals surface area contributed by atoms with E-state index in [2.05, 4.69) is 20.5 Å². The summed E-state index contributed by atoms with van der Waals surface area (Å²) in [6, 6.07) is 3.01. The van der Waals surface area contributed by atoms with Crippen molar-refractivity contribution < 1.29 is 27.5 Å². The number of rotatable bonds is 8. The number of hydrogen-bond acceptors (Lipinski definition) is 5. The second-order valence-electron chi connectivity index (χ2n) is 9.30. The average Bonchev–Trinajstić information content (AvgIpc) is 3.26. The fourth-order valence-corrected chi connectivity index (χ4v) is 5.02. The number of carboxylic acids is 1. The number of aromatic amines is 1. The summed E-state index contributed by atoms with van der Waals surface area (Å²) in [7, 11) is 0. The van der Waals surface area contributed by atoms with E-state index in [1.54, 1.807) is 19.9 Å². The van der Waals surface area contributed by atoms with E-state index < -0.39 is 45.7 Å². The van der Waals surface area contributed by atoms with E-state index in [1.165, 1.54) is 24.3 Å². The van der Waals surface area contributed by atoms with Gasteiger partial charge in [0.1, 0.15) is 11.6 Å². The van der Waals surface area contributed by atoms with Gasteiger partial charge in [0.2, 0.25) is 0 Å². The maximum atomic E-state index is 15.5. The molecule has 3 heterocycles. The summed E-state index contributed by atoms with van der Waals surface area (Å²) < 4.78 is 60.3. The number of aryl methyl sites for hydroxylation is 1. The third-order valence-corrected chi connectivity index (χ3v) is 7.14. The molecular weight excluding hydrogens is 514 g/mol. The number of hydrogen-bond donors (Lipinski definition) is 3. The minimum atomic E-state index is -3.73. The molecule has 0 bridgehead atoms. The molecule has 2 atom stereocenters. The summed E-state index contributed by atoms with van der Waals surface area (Å²) in [5.74, 6) is -2.44. The summed E-state index contributed by atoms with van der Waals surface area (Å²) in [6.07, 6.45) is -0.546. The number of piperidine rings is 1. The number of alkyl halides is 2. The highest BCUT2D eigenvalue weighted by atomic mass is 35.5. The van der Waals surface area contributed by atoms with Crippen molar-refractivity contribution in [3.8, 4) is 0 Å². The van der Waals surface area contributed by atoms with Crippen LogP contribution in [0.5, 0.6) is 0 Å². The van der Waals surface area contributed by atoms with Gasteiger partial charge in [0.05, 0.1) is 21.7 Å². The van der Waals surface area contributed by atoms with Crippen molar-refractivity contribution in [3.63, 3.8) is 0 Å². The molecule has 198 valence electrons. The van der Waals surface area contributed by atoms with Crippen LogP contribution in [0.1, 0.15) is 43.1 Å². The zero-order valence-corrected chi connectivity index (χ0v) is 20.9. The third-order valence-electron chi connectivity index (χ3n) is 6.85. The van der Waals surface area contributed by atoms with Crippen LogP contribution in [0.4, 0.5) is 29.2 Å². The van der Waals surface area contributed by atoms with Crippen LogP contribution in [0.15, 0.2) is 36.4 Å². The highest BCUT2D eigenvalue weighted by molar-refractivity contribution is 6.30. The third kappa shape index (κ3) is 5.28. The molecule has 1 aliphatic heterocycles. The predicted octanol–water partition coefficient (Wildman–Crippen LogP) is 6.03. The number of anilines is 2. The molecular formula is C25H26ClF4N5O2. The predicted molar refractivity (Wildman–Crippen MR) is 130 cm³/mol. The molecule has 1 aromatic carbocycles. The van der Waals surface area contributed by atoms with E-state index in [4.69, 9.17) is 11.6 Å². The Morgan fingerprint density at radius 1 is 1.30 bits per heavy atom. The number of halogens is 5. The molecule has 1 fully saturated rings. The Hall–Kier alpha value is -3.18. The van der Waals surface area contributed by atoms with Crippen LogP contribution in [0.2, 0.25) is 5.02 Å². The smallest absolute Gasteiger partial charge is 0.334 e. The van der Waals surface area contributed by atoms with Crippen molar-refractivity contribution in [2.45, 2.75) is 51.6 Å². The molecule has 0 saturated carbocycles. The highest BCUT2D eigenvalue weighted by Gasteiger charge is 2.53. The van der Waals surface area contributed by atoms with Crippen molar-refractivity contribution in [3.05, 3.63) is 70.0 Å². The number of benzene rings is 1. The van der Waals surface area contributed by atoms with Gasteiger partial charge in [-0.25, -0.2) is 18.7 Å². The van der Waals surface area contributed by atoms with E-state index >= 15 is 8.78 Å². The van der Waals surface area contributed by atoms with Gasteiger partial charge in [-0.1, -0.05) is 24.6 Å². The van der Waals surface area contributed by atoms with E-state index in [1.807, 2.05) is 0 Å². The zero-order valence-electron chi connectivity index (χ0n) is 20.2. The molecule has 3 aromatic rings. The fraction of sp³-hybridized carbons (Fsp3) is 0.400. The Morgan fingerprint density at radius 2 is 2.05 bits per heavy atom. The number of carboxylic acid groups (broad SMARTS) is 1. The van der Waals surface area contributed by atoms with Crippen LogP contribution in [-0.4, -0.2) is 43.7 Å². The van der Waals surface area contributed by atoms with Gasteiger partial charge < -0.3 is 10.4 Å². The molecule has 1 saturated heterocycles. The standard InChI is InChI=1S/C25H26ClF4N5O2/c1-3-15-12-24(23(36)37,9-10-35(15)25(29,30)16-5-4-6-17(26)22(16)28)13-19-18(27)7-8-20(31-19)32-21-11-14(2)33-34-21/h4-8,11,15H,3,9-10,12-13H2,1-2H3,(H,36,37)(H2,31,32,33,34)/t15-,24-/m1/s1. The van der Waals surface area contributed by atoms with Gasteiger partial charge in [0.15, 0.2) is 11.6 Å². The van der Waals surface area contributed by atoms with Gasteiger partial charge in [-0.3, -0.25) is 9.89 Å². The Labute approximate surface area is 215 Å². The van der Waals surface area contributed by atoms with Crippen molar-refractivity contribution in [2.24, 2.45) is 5.41 Å². The van der Waals surface area contributed by atoms with Gasteiger partial charge in [-0.15, -0.1) is 0 Å². The molecule has 12 heteroatoms. The quantitative estimate of drug-likeness (QED) is 0.239. The number of carbonyl (C=O) groups is 1. The van der Waals surface area contributed by atoms with Crippen molar-refractivity contribution in [1.82, 2.24) is 20.1 Å². The lowest BCUT2D eigenvalue weighted by Crippen LogP contribution is -2.56. The van der Waals surface area contributed by atoms with Crippen LogP contribution in [0.25, 0.3) is 0 Å². The Morgan fingerprint density at radius 3 is 2.70 bits per heavy atom. The first-order chi connectivity index (χ1) is 17.5. The fourth-order valence-electron chi connectivity index (χ4n) is 4.85. The largest absolute Gasteiger partial charge is 0.481 e. The van der Waals surface area contributed by atoms with E-state index in [0.29, 0.717) is 5.82 Å².